The predicted molar refractivity (Wildman–Crippen MR) is 82.9 cm³/mol. The second kappa shape index (κ2) is 5.63. The summed E-state index contributed by atoms with van der Waals surface area (Å²) < 4.78 is 6.84. The first kappa shape index (κ1) is 13.1. The van der Waals surface area contributed by atoms with Crippen LogP contribution in [0.5, 0.6) is 5.75 Å². The van der Waals surface area contributed by atoms with Gasteiger partial charge in [0.25, 0.3) is 0 Å². The standard InChI is InChI=1S/C17H15N3O/c1-13(14-8-10-16(21-2)11-9-14)20-12-17(18-19-20)15-6-4-3-5-7-15/h3-12H,1H2,2H3. The third kappa shape index (κ3) is 2.69. The molecule has 0 fully saturated rings. The van der Waals surface area contributed by atoms with Gasteiger partial charge in [0.15, 0.2) is 0 Å². The van der Waals surface area contributed by atoms with E-state index in [-0.39, 0.29) is 0 Å². The first-order chi connectivity index (χ1) is 10.3. The van der Waals surface area contributed by atoms with E-state index < -0.39 is 0 Å². The Morgan fingerprint density at radius 3 is 2.43 bits per heavy atom. The molecule has 0 aliphatic carbocycles. The zero-order valence-electron chi connectivity index (χ0n) is 11.7. The SMILES string of the molecule is C=C(c1ccc(OC)cc1)n1cc(-c2ccccc2)nn1. The molecule has 0 aliphatic heterocycles. The van der Waals surface area contributed by atoms with Crippen molar-refractivity contribution in [1.82, 2.24) is 15.0 Å². The van der Waals surface area contributed by atoms with Crippen LogP contribution in [0.3, 0.4) is 0 Å². The fourth-order valence-electron chi connectivity index (χ4n) is 2.05. The number of rotatable bonds is 4. The Hall–Kier alpha value is -2.88. The Balaban J connectivity index is 1.87. The van der Waals surface area contributed by atoms with Crippen molar-refractivity contribution in [2.75, 3.05) is 7.11 Å². The highest BCUT2D eigenvalue weighted by Crippen LogP contribution is 2.21. The maximum Gasteiger partial charge on any atom is 0.118 e. The molecular formula is C17H15N3O. The van der Waals surface area contributed by atoms with Gasteiger partial charge in [-0.15, -0.1) is 5.10 Å². The molecule has 0 N–H and O–H groups in total. The van der Waals surface area contributed by atoms with Crippen LogP contribution in [0.15, 0.2) is 67.4 Å². The summed E-state index contributed by atoms with van der Waals surface area (Å²) in [6.45, 7) is 4.08. The minimum Gasteiger partial charge on any atom is -0.497 e. The second-order valence-electron chi connectivity index (χ2n) is 4.59. The maximum atomic E-state index is 5.15. The topological polar surface area (TPSA) is 39.9 Å². The monoisotopic (exact) mass is 277 g/mol. The zero-order valence-corrected chi connectivity index (χ0v) is 11.7. The predicted octanol–water partition coefficient (Wildman–Crippen LogP) is 3.47. The lowest BCUT2D eigenvalue weighted by molar-refractivity contribution is 0.415. The molecule has 0 bridgehead atoms. The van der Waals surface area contributed by atoms with Crippen LogP contribution in [0.2, 0.25) is 0 Å². The van der Waals surface area contributed by atoms with Crippen molar-refractivity contribution in [3.05, 3.63) is 72.9 Å². The van der Waals surface area contributed by atoms with Crippen LogP contribution in [0.25, 0.3) is 17.0 Å². The fourth-order valence-corrected chi connectivity index (χ4v) is 2.05. The molecule has 0 saturated carbocycles. The van der Waals surface area contributed by atoms with Crippen LogP contribution in [0.1, 0.15) is 5.56 Å². The van der Waals surface area contributed by atoms with Crippen molar-refractivity contribution in [2.24, 2.45) is 0 Å². The van der Waals surface area contributed by atoms with E-state index in [2.05, 4.69) is 16.9 Å². The smallest absolute Gasteiger partial charge is 0.118 e. The minimum absolute atomic E-state index is 0.771. The molecule has 3 aromatic rings. The van der Waals surface area contributed by atoms with Crippen molar-refractivity contribution in [1.29, 1.82) is 0 Å². The van der Waals surface area contributed by atoms with Gasteiger partial charge in [0, 0.05) is 5.56 Å². The van der Waals surface area contributed by atoms with Crippen molar-refractivity contribution >= 4 is 5.70 Å². The number of methoxy groups -OCH3 is 1. The highest BCUT2D eigenvalue weighted by Gasteiger charge is 2.07. The third-order valence-corrected chi connectivity index (χ3v) is 3.26. The van der Waals surface area contributed by atoms with E-state index in [0.29, 0.717) is 0 Å². The largest absolute Gasteiger partial charge is 0.497 e. The maximum absolute atomic E-state index is 5.15. The van der Waals surface area contributed by atoms with E-state index in [1.165, 1.54) is 0 Å². The lowest BCUT2D eigenvalue weighted by atomic mass is 10.1. The number of hydrogen-bond acceptors (Lipinski definition) is 3. The third-order valence-electron chi connectivity index (χ3n) is 3.26. The van der Waals surface area contributed by atoms with Crippen molar-refractivity contribution in [3.8, 4) is 17.0 Å². The summed E-state index contributed by atoms with van der Waals surface area (Å²) in [7, 11) is 1.65. The average Bonchev–Trinajstić information content (AvgIpc) is 3.05. The van der Waals surface area contributed by atoms with E-state index in [1.807, 2.05) is 60.8 Å². The molecule has 0 radical (unpaired) electrons. The van der Waals surface area contributed by atoms with E-state index in [9.17, 15) is 0 Å². The lowest BCUT2D eigenvalue weighted by Crippen LogP contribution is -1.98. The van der Waals surface area contributed by atoms with E-state index in [4.69, 9.17) is 4.74 Å². The number of aromatic nitrogens is 3. The van der Waals surface area contributed by atoms with Gasteiger partial charge in [0.05, 0.1) is 19.0 Å². The van der Waals surface area contributed by atoms with Gasteiger partial charge in [-0.3, -0.25) is 0 Å². The Morgan fingerprint density at radius 1 is 1.05 bits per heavy atom. The molecule has 2 aromatic carbocycles. The summed E-state index contributed by atoms with van der Waals surface area (Å²) in [5.74, 6) is 0.815. The van der Waals surface area contributed by atoms with Gasteiger partial charge in [-0.2, -0.15) is 0 Å². The van der Waals surface area contributed by atoms with Gasteiger partial charge in [-0.05, 0) is 29.8 Å². The average molecular weight is 277 g/mol. The van der Waals surface area contributed by atoms with Crippen LogP contribution >= 0.6 is 0 Å². The molecule has 1 heterocycles. The molecular weight excluding hydrogens is 262 g/mol. The molecule has 0 spiro atoms. The van der Waals surface area contributed by atoms with Gasteiger partial charge in [0.2, 0.25) is 0 Å². The summed E-state index contributed by atoms with van der Waals surface area (Å²) in [5.41, 5.74) is 3.60. The first-order valence-electron chi connectivity index (χ1n) is 6.59. The van der Waals surface area contributed by atoms with Gasteiger partial charge >= 0.3 is 0 Å². The molecule has 3 rings (SSSR count). The molecule has 4 nitrogen and oxygen atoms in total. The van der Waals surface area contributed by atoms with Gasteiger partial charge in [-0.25, -0.2) is 4.68 Å². The normalized spacial score (nSPS) is 10.3. The summed E-state index contributed by atoms with van der Waals surface area (Å²) in [4.78, 5) is 0. The van der Waals surface area contributed by atoms with E-state index in [0.717, 1.165) is 28.3 Å². The molecule has 0 saturated heterocycles. The number of nitrogens with zero attached hydrogens (tertiary/aromatic N) is 3. The fraction of sp³-hybridized carbons (Fsp3) is 0.0588. The van der Waals surface area contributed by atoms with E-state index >= 15 is 0 Å². The Kier molecular flexibility index (Phi) is 3.51. The van der Waals surface area contributed by atoms with Crippen molar-refractivity contribution < 1.29 is 4.74 Å². The quantitative estimate of drug-likeness (QED) is 0.733. The summed E-state index contributed by atoms with van der Waals surface area (Å²) >= 11 is 0. The molecule has 0 unspecified atom stereocenters. The van der Waals surface area contributed by atoms with Crippen LogP contribution in [0, 0.1) is 0 Å². The Labute approximate surface area is 123 Å². The van der Waals surface area contributed by atoms with Crippen LogP contribution in [0.4, 0.5) is 0 Å². The van der Waals surface area contributed by atoms with Crippen LogP contribution in [-0.4, -0.2) is 22.1 Å². The minimum atomic E-state index is 0.771. The van der Waals surface area contributed by atoms with Crippen LogP contribution in [-0.2, 0) is 0 Å². The van der Waals surface area contributed by atoms with Gasteiger partial charge < -0.3 is 4.74 Å². The zero-order chi connectivity index (χ0) is 14.7. The second-order valence-corrected chi connectivity index (χ2v) is 4.59. The molecule has 1 aromatic heterocycles. The summed E-state index contributed by atoms with van der Waals surface area (Å²) in [6, 6.07) is 17.6. The highest BCUT2D eigenvalue weighted by atomic mass is 16.5. The summed E-state index contributed by atoms with van der Waals surface area (Å²) in [5, 5.41) is 8.34. The lowest BCUT2D eigenvalue weighted by Gasteiger charge is -2.06. The van der Waals surface area contributed by atoms with Gasteiger partial charge in [0.1, 0.15) is 11.4 Å². The highest BCUT2D eigenvalue weighted by molar-refractivity contribution is 5.65. The number of ether oxygens (including phenoxy) is 1. The molecule has 21 heavy (non-hydrogen) atoms. The number of benzene rings is 2. The first-order valence-corrected chi connectivity index (χ1v) is 6.59. The Bertz CT molecular complexity index is 745. The molecule has 0 atom stereocenters. The molecule has 4 heteroatoms. The summed E-state index contributed by atoms with van der Waals surface area (Å²) in [6.07, 6.45) is 1.88. The molecule has 0 amide bonds. The van der Waals surface area contributed by atoms with Crippen molar-refractivity contribution in [2.45, 2.75) is 0 Å². The van der Waals surface area contributed by atoms with Crippen LogP contribution < -0.4 is 4.74 Å². The molecule has 0 aliphatic rings. The van der Waals surface area contributed by atoms with E-state index in [1.54, 1.807) is 11.8 Å². The number of hydrogen-bond donors (Lipinski definition) is 0. The van der Waals surface area contributed by atoms with Crippen molar-refractivity contribution in [3.63, 3.8) is 0 Å². The molecule has 104 valence electrons. The Morgan fingerprint density at radius 2 is 1.76 bits per heavy atom. The van der Waals surface area contributed by atoms with Gasteiger partial charge in [-0.1, -0.05) is 42.1 Å².